The van der Waals surface area contributed by atoms with Gasteiger partial charge in [0.25, 0.3) is 6.36 Å². The van der Waals surface area contributed by atoms with E-state index >= 15 is 4.39 Å². The number of nitrogens with two attached hydrogens (primary N) is 1. The fourth-order valence-corrected chi connectivity index (χ4v) is 3.15. The molecule has 0 aliphatic heterocycles. The summed E-state index contributed by atoms with van der Waals surface area (Å²) in [6.07, 6.45) is -3.50. The Balaban J connectivity index is 1.51. The molecule has 4 rings (SSSR count). The lowest BCUT2D eigenvalue weighted by Crippen LogP contribution is -2.36. The molecule has 2 heterocycles. The Hall–Kier alpha value is -4.45. The monoisotopic (exact) mass is 480 g/mol. The van der Waals surface area contributed by atoms with E-state index in [1.807, 2.05) is 0 Å². The number of fused-ring (bicyclic) bond motifs is 1. The highest BCUT2D eigenvalue weighted by molar-refractivity contribution is 5.90. The summed E-state index contributed by atoms with van der Waals surface area (Å²) in [5, 5.41) is 7.85. The van der Waals surface area contributed by atoms with Gasteiger partial charge >= 0.3 is 11.9 Å². The quantitative estimate of drug-likeness (QED) is 0.355. The Morgan fingerprint density at radius 1 is 1.00 bits per heavy atom. The van der Waals surface area contributed by atoms with Crippen LogP contribution in [0.25, 0.3) is 11.2 Å². The number of benzene rings is 2. The number of nitrogens with zero attached hydrogens (tertiary/aromatic N) is 5. The summed E-state index contributed by atoms with van der Waals surface area (Å²) >= 11 is 0. The van der Waals surface area contributed by atoms with Gasteiger partial charge < -0.3 is 19.9 Å². The van der Waals surface area contributed by atoms with Crippen LogP contribution in [0.15, 0.2) is 67.0 Å². The summed E-state index contributed by atoms with van der Waals surface area (Å²) in [6.45, 7) is 0.995. The predicted octanol–water partition coefficient (Wildman–Crippen LogP) is 2.72. The Kier molecular flexibility index (Phi) is 7.21. The smallest absolute Gasteiger partial charge is 0.340 e. The zero-order chi connectivity index (χ0) is 24.8. The Labute approximate surface area is 198 Å². The molecule has 0 bridgehead atoms. The molecule has 0 aliphatic rings. The van der Waals surface area contributed by atoms with Gasteiger partial charge in [0.15, 0.2) is 29.3 Å². The highest BCUT2D eigenvalue weighted by Crippen LogP contribution is 2.21. The van der Waals surface area contributed by atoms with Crippen LogP contribution in [0, 0.1) is 0 Å². The molecule has 0 amide bonds. The van der Waals surface area contributed by atoms with E-state index in [-0.39, 0.29) is 28.1 Å². The van der Waals surface area contributed by atoms with Crippen molar-refractivity contribution >= 4 is 28.9 Å². The standard InChI is InChI=1S/C23H21FN6O5/c1-14(30-21-18(28-29-30)20(25)26-13-27-21)34-17(12-33-22(31)15-8-4-2-5-9-15)19(24)35-23(32)16-10-6-3-7-11-16/h2-11,13-14,17,19H,12H2,1H3,(H2,25,26,27)/t14-,17+,19+/m0/s1. The van der Waals surface area contributed by atoms with Crippen molar-refractivity contribution in [3.05, 3.63) is 78.1 Å². The highest BCUT2D eigenvalue weighted by atomic mass is 19.1. The Morgan fingerprint density at radius 2 is 1.63 bits per heavy atom. The first-order chi connectivity index (χ1) is 16.9. The summed E-state index contributed by atoms with van der Waals surface area (Å²) in [6, 6.07) is 16.1. The van der Waals surface area contributed by atoms with Gasteiger partial charge in [0.05, 0.1) is 11.1 Å². The van der Waals surface area contributed by atoms with Crippen LogP contribution in [-0.4, -0.2) is 56.0 Å². The number of hydrogen-bond acceptors (Lipinski definition) is 10. The van der Waals surface area contributed by atoms with Gasteiger partial charge in [-0.05, 0) is 31.2 Å². The van der Waals surface area contributed by atoms with Crippen LogP contribution in [0.5, 0.6) is 0 Å². The van der Waals surface area contributed by atoms with E-state index in [0.717, 1.165) is 0 Å². The predicted molar refractivity (Wildman–Crippen MR) is 121 cm³/mol. The van der Waals surface area contributed by atoms with Crippen LogP contribution in [-0.2, 0) is 14.2 Å². The van der Waals surface area contributed by atoms with Crippen LogP contribution in [0.1, 0.15) is 33.9 Å². The molecule has 4 aromatic rings. The second-order valence-electron chi connectivity index (χ2n) is 7.33. The third-order valence-corrected chi connectivity index (χ3v) is 4.92. The number of halogens is 1. The van der Waals surface area contributed by atoms with Crippen molar-refractivity contribution in [1.82, 2.24) is 25.0 Å². The van der Waals surface area contributed by atoms with Gasteiger partial charge in [-0.3, -0.25) is 0 Å². The van der Waals surface area contributed by atoms with E-state index in [9.17, 15) is 9.59 Å². The number of alkyl halides is 1. The number of anilines is 1. The lowest BCUT2D eigenvalue weighted by Gasteiger charge is -2.25. The molecule has 3 atom stereocenters. The molecule has 0 aliphatic carbocycles. The van der Waals surface area contributed by atoms with E-state index in [4.69, 9.17) is 19.9 Å². The molecule has 0 saturated carbocycles. The maximum Gasteiger partial charge on any atom is 0.340 e. The molecule has 2 aromatic carbocycles. The van der Waals surface area contributed by atoms with Crippen LogP contribution in [0.2, 0.25) is 0 Å². The SMILES string of the molecule is C[C@H](O[C@H](COC(=O)c1ccccc1)[C@H](F)OC(=O)c1ccccc1)n1nnc2c(N)ncnc21. The molecule has 0 saturated heterocycles. The second-order valence-corrected chi connectivity index (χ2v) is 7.33. The number of ether oxygens (including phenoxy) is 3. The average Bonchev–Trinajstić information content (AvgIpc) is 3.33. The molecule has 35 heavy (non-hydrogen) atoms. The minimum Gasteiger partial charge on any atom is -0.459 e. The van der Waals surface area contributed by atoms with Gasteiger partial charge in [-0.1, -0.05) is 41.6 Å². The number of nitrogen functional groups attached to an aromatic ring is 1. The maximum atomic E-state index is 15.2. The summed E-state index contributed by atoms with van der Waals surface area (Å²) < 4.78 is 32.4. The Morgan fingerprint density at radius 3 is 2.29 bits per heavy atom. The minimum atomic E-state index is -2.27. The lowest BCUT2D eigenvalue weighted by atomic mass is 10.2. The van der Waals surface area contributed by atoms with Gasteiger partial charge in [0.1, 0.15) is 12.9 Å². The first-order valence-electron chi connectivity index (χ1n) is 10.5. The van der Waals surface area contributed by atoms with Gasteiger partial charge in [-0.2, -0.15) is 9.07 Å². The highest BCUT2D eigenvalue weighted by Gasteiger charge is 2.31. The molecule has 0 fully saturated rings. The lowest BCUT2D eigenvalue weighted by molar-refractivity contribution is -0.160. The number of aromatic nitrogens is 5. The maximum absolute atomic E-state index is 15.2. The normalized spacial score (nSPS) is 13.7. The van der Waals surface area contributed by atoms with Crippen LogP contribution >= 0.6 is 0 Å². The first-order valence-corrected chi connectivity index (χ1v) is 10.5. The largest absolute Gasteiger partial charge is 0.459 e. The van der Waals surface area contributed by atoms with Gasteiger partial charge in [0.2, 0.25) is 0 Å². The Bertz CT molecular complexity index is 1300. The van der Waals surface area contributed by atoms with Crippen LogP contribution in [0.4, 0.5) is 10.2 Å². The van der Waals surface area contributed by atoms with E-state index in [1.165, 1.54) is 23.1 Å². The second kappa shape index (κ2) is 10.7. The van der Waals surface area contributed by atoms with Crippen molar-refractivity contribution in [2.75, 3.05) is 12.3 Å². The molecule has 0 unspecified atom stereocenters. The fourth-order valence-electron chi connectivity index (χ4n) is 3.15. The number of esters is 2. The molecule has 12 heteroatoms. The van der Waals surface area contributed by atoms with E-state index in [1.54, 1.807) is 55.5 Å². The zero-order valence-electron chi connectivity index (χ0n) is 18.5. The number of hydrogen-bond donors (Lipinski definition) is 1. The van der Waals surface area contributed by atoms with Gasteiger partial charge in [-0.15, -0.1) is 5.10 Å². The van der Waals surface area contributed by atoms with Crippen molar-refractivity contribution in [1.29, 1.82) is 0 Å². The number of rotatable bonds is 9. The minimum absolute atomic E-state index is 0.113. The van der Waals surface area contributed by atoms with Crippen molar-refractivity contribution in [3.8, 4) is 0 Å². The number of carbonyl (C=O) groups excluding carboxylic acids is 2. The zero-order valence-corrected chi connectivity index (χ0v) is 18.5. The molecule has 0 spiro atoms. The van der Waals surface area contributed by atoms with Crippen LogP contribution < -0.4 is 5.73 Å². The van der Waals surface area contributed by atoms with Crippen molar-refractivity contribution < 1.29 is 28.2 Å². The van der Waals surface area contributed by atoms with E-state index < -0.39 is 37.2 Å². The van der Waals surface area contributed by atoms with Crippen molar-refractivity contribution in [2.45, 2.75) is 25.6 Å². The molecule has 2 N–H and O–H groups in total. The van der Waals surface area contributed by atoms with Crippen molar-refractivity contribution in [3.63, 3.8) is 0 Å². The van der Waals surface area contributed by atoms with Gasteiger partial charge in [0, 0.05) is 0 Å². The molecular weight excluding hydrogens is 459 g/mol. The summed E-state index contributed by atoms with van der Waals surface area (Å²) in [4.78, 5) is 32.7. The van der Waals surface area contributed by atoms with Gasteiger partial charge in [-0.25, -0.2) is 19.6 Å². The molecular formula is C23H21FN6O5. The average molecular weight is 480 g/mol. The van der Waals surface area contributed by atoms with E-state index in [0.29, 0.717) is 0 Å². The number of carbonyl (C=O) groups is 2. The molecule has 0 radical (unpaired) electrons. The third kappa shape index (κ3) is 5.55. The topological polar surface area (TPSA) is 144 Å². The third-order valence-electron chi connectivity index (χ3n) is 4.92. The first kappa shape index (κ1) is 23.7. The summed E-state index contributed by atoms with van der Waals surface area (Å²) in [5.74, 6) is -1.48. The summed E-state index contributed by atoms with van der Waals surface area (Å²) in [7, 11) is 0. The molecule has 11 nitrogen and oxygen atoms in total. The summed E-state index contributed by atoms with van der Waals surface area (Å²) in [5.41, 5.74) is 6.69. The molecule has 2 aromatic heterocycles. The van der Waals surface area contributed by atoms with Crippen LogP contribution in [0.3, 0.4) is 0 Å². The van der Waals surface area contributed by atoms with E-state index in [2.05, 4.69) is 20.3 Å². The van der Waals surface area contributed by atoms with Crippen molar-refractivity contribution in [2.24, 2.45) is 0 Å². The fraction of sp³-hybridized carbons (Fsp3) is 0.217. The molecule has 180 valence electrons.